The summed E-state index contributed by atoms with van der Waals surface area (Å²) in [5.74, 6) is 0.561. The smallest absolute Gasteiger partial charge is 0.246 e. The van der Waals surface area contributed by atoms with E-state index in [1.54, 1.807) is 12.5 Å². The molecule has 0 spiro atoms. The number of rotatable bonds is 10. The van der Waals surface area contributed by atoms with E-state index in [-0.39, 0.29) is 5.91 Å². The molecule has 1 unspecified atom stereocenters. The zero-order valence-corrected chi connectivity index (χ0v) is 16.0. The minimum Gasteiger partial charge on any atom is -0.492 e. The van der Waals surface area contributed by atoms with Crippen LogP contribution in [0.2, 0.25) is 0 Å². The highest BCUT2D eigenvalue weighted by atomic mass is 16.5. The van der Waals surface area contributed by atoms with Crippen molar-refractivity contribution in [2.24, 2.45) is 0 Å². The molecule has 0 saturated carbocycles. The highest BCUT2D eigenvalue weighted by Gasteiger charge is 2.21. The molecule has 3 aromatic rings. The predicted octanol–water partition coefficient (Wildman–Crippen LogP) is 3.64. The zero-order valence-electron chi connectivity index (χ0n) is 16.0. The number of hydrogen-bond acceptors (Lipinski definition) is 4. The Hall–Kier alpha value is -3.12. The number of carbonyl (C=O) groups excluding carboxylic acids is 1. The van der Waals surface area contributed by atoms with Gasteiger partial charge in [-0.05, 0) is 37.6 Å². The second kappa shape index (κ2) is 10.3. The molecule has 146 valence electrons. The fraction of sp³-hybridized carbons (Fsp3) is 0.273. The Bertz CT molecular complexity index is 850. The SMILES string of the molecule is CCOc1ccccc1NC(=O)C(NCCCn1ccnc1)c1ccccc1. The summed E-state index contributed by atoms with van der Waals surface area (Å²) in [5, 5.41) is 6.39. The normalized spacial score (nSPS) is 11.8. The molecule has 6 heteroatoms. The fourth-order valence-electron chi connectivity index (χ4n) is 2.99. The summed E-state index contributed by atoms with van der Waals surface area (Å²) in [6.07, 6.45) is 6.39. The molecule has 6 nitrogen and oxygen atoms in total. The highest BCUT2D eigenvalue weighted by molar-refractivity contribution is 5.96. The lowest BCUT2D eigenvalue weighted by molar-refractivity contribution is -0.118. The third-order valence-corrected chi connectivity index (χ3v) is 4.34. The van der Waals surface area contributed by atoms with Crippen molar-refractivity contribution in [3.05, 3.63) is 78.9 Å². The van der Waals surface area contributed by atoms with Gasteiger partial charge in [0.2, 0.25) is 5.91 Å². The monoisotopic (exact) mass is 378 g/mol. The molecule has 2 aromatic carbocycles. The minimum atomic E-state index is -0.446. The number of hydrogen-bond donors (Lipinski definition) is 2. The molecular weight excluding hydrogens is 352 g/mol. The van der Waals surface area contributed by atoms with Gasteiger partial charge in [-0.15, -0.1) is 0 Å². The Morgan fingerprint density at radius 2 is 1.93 bits per heavy atom. The maximum Gasteiger partial charge on any atom is 0.246 e. The number of carbonyl (C=O) groups is 1. The largest absolute Gasteiger partial charge is 0.492 e. The molecule has 3 rings (SSSR count). The minimum absolute atomic E-state index is 0.110. The first-order valence-electron chi connectivity index (χ1n) is 9.54. The van der Waals surface area contributed by atoms with Crippen LogP contribution in [0.4, 0.5) is 5.69 Å². The number of anilines is 1. The van der Waals surface area contributed by atoms with Gasteiger partial charge in [-0.25, -0.2) is 4.98 Å². The van der Waals surface area contributed by atoms with Gasteiger partial charge in [0.05, 0.1) is 18.6 Å². The van der Waals surface area contributed by atoms with Crippen LogP contribution in [-0.4, -0.2) is 28.6 Å². The van der Waals surface area contributed by atoms with Gasteiger partial charge in [0.1, 0.15) is 11.8 Å². The molecule has 0 saturated heterocycles. The second-order valence-corrected chi connectivity index (χ2v) is 6.37. The number of amides is 1. The first-order valence-corrected chi connectivity index (χ1v) is 9.54. The van der Waals surface area contributed by atoms with Crippen LogP contribution in [0, 0.1) is 0 Å². The van der Waals surface area contributed by atoms with E-state index in [0.717, 1.165) is 18.5 Å². The van der Waals surface area contributed by atoms with E-state index in [1.807, 2.05) is 72.3 Å². The molecule has 0 fully saturated rings. The number of nitrogens with one attached hydrogen (secondary N) is 2. The summed E-state index contributed by atoms with van der Waals surface area (Å²) in [7, 11) is 0. The summed E-state index contributed by atoms with van der Waals surface area (Å²) in [4.78, 5) is 17.1. The number of imidazole rings is 1. The molecule has 2 N–H and O–H groups in total. The van der Waals surface area contributed by atoms with E-state index in [4.69, 9.17) is 4.74 Å². The van der Waals surface area contributed by atoms with Gasteiger partial charge in [0.25, 0.3) is 0 Å². The summed E-state index contributed by atoms with van der Waals surface area (Å²) >= 11 is 0. The quantitative estimate of drug-likeness (QED) is 0.529. The van der Waals surface area contributed by atoms with Crippen molar-refractivity contribution >= 4 is 11.6 Å². The standard InChI is InChI=1S/C22H26N4O2/c1-2-28-20-12-7-6-11-19(20)25-22(27)21(18-9-4-3-5-10-18)24-13-8-15-26-16-14-23-17-26/h3-7,9-12,14,16-17,21,24H,2,8,13,15H2,1H3,(H,25,27). The van der Waals surface area contributed by atoms with Crippen LogP contribution in [0.3, 0.4) is 0 Å². The third kappa shape index (κ3) is 5.44. The molecule has 0 aliphatic heterocycles. The van der Waals surface area contributed by atoms with E-state index >= 15 is 0 Å². The Morgan fingerprint density at radius 3 is 2.68 bits per heavy atom. The molecule has 1 aromatic heterocycles. The average Bonchev–Trinajstić information content (AvgIpc) is 3.24. The molecule has 0 aliphatic rings. The van der Waals surface area contributed by atoms with Crippen LogP contribution in [0.15, 0.2) is 73.3 Å². The van der Waals surface area contributed by atoms with Gasteiger partial charge in [-0.2, -0.15) is 0 Å². The number of ether oxygens (including phenoxy) is 1. The van der Waals surface area contributed by atoms with Gasteiger partial charge in [0.15, 0.2) is 0 Å². The van der Waals surface area contributed by atoms with E-state index < -0.39 is 6.04 Å². The maximum absolute atomic E-state index is 13.0. The van der Waals surface area contributed by atoms with Crippen molar-refractivity contribution in [1.29, 1.82) is 0 Å². The van der Waals surface area contributed by atoms with E-state index in [2.05, 4.69) is 15.6 Å². The summed E-state index contributed by atoms with van der Waals surface area (Å²) in [6.45, 7) is 4.02. The van der Waals surface area contributed by atoms with Crippen LogP contribution >= 0.6 is 0 Å². The molecule has 1 heterocycles. The summed E-state index contributed by atoms with van der Waals surface area (Å²) in [6, 6.07) is 16.8. The van der Waals surface area contributed by atoms with Crippen LogP contribution in [0.5, 0.6) is 5.75 Å². The van der Waals surface area contributed by atoms with Gasteiger partial charge in [-0.1, -0.05) is 42.5 Å². The highest BCUT2D eigenvalue weighted by Crippen LogP contribution is 2.25. The van der Waals surface area contributed by atoms with Crippen molar-refractivity contribution in [3.8, 4) is 5.75 Å². The second-order valence-electron chi connectivity index (χ2n) is 6.37. The van der Waals surface area contributed by atoms with Crippen molar-refractivity contribution in [2.45, 2.75) is 25.9 Å². The molecule has 1 amide bonds. The number of benzene rings is 2. The Kier molecular flexibility index (Phi) is 7.21. The lowest BCUT2D eigenvalue weighted by Crippen LogP contribution is -2.34. The Labute approximate surface area is 165 Å². The van der Waals surface area contributed by atoms with E-state index in [9.17, 15) is 4.79 Å². The molecule has 28 heavy (non-hydrogen) atoms. The molecular formula is C22H26N4O2. The molecule has 0 aliphatic carbocycles. The van der Waals surface area contributed by atoms with Crippen molar-refractivity contribution in [3.63, 3.8) is 0 Å². The Balaban J connectivity index is 1.67. The van der Waals surface area contributed by atoms with Crippen LogP contribution in [0.25, 0.3) is 0 Å². The van der Waals surface area contributed by atoms with Crippen LogP contribution in [-0.2, 0) is 11.3 Å². The van der Waals surface area contributed by atoms with Crippen molar-refractivity contribution in [1.82, 2.24) is 14.9 Å². The number of nitrogens with zero attached hydrogens (tertiary/aromatic N) is 2. The van der Waals surface area contributed by atoms with Crippen molar-refractivity contribution < 1.29 is 9.53 Å². The lowest BCUT2D eigenvalue weighted by atomic mass is 10.1. The van der Waals surface area contributed by atoms with Crippen molar-refractivity contribution in [2.75, 3.05) is 18.5 Å². The zero-order chi connectivity index (χ0) is 19.6. The lowest BCUT2D eigenvalue weighted by Gasteiger charge is -2.20. The molecule has 0 bridgehead atoms. The number of aryl methyl sites for hydroxylation is 1. The van der Waals surface area contributed by atoms with Gasteiger partial charge >= 0.3 is 0 Å². The van der Waals surface area contributed by atoms with Gasteiger partial charge in [0, 0.05) is 18.9 Å². The number of para-hydroxylation sites is 2. The van der Waals surface area contributed by atoms with Gasteiger partial charge in [-0.3, -0.25) is 4.79 Å². The maximum atomic E-state index is 13.0. The average molecular weight is 378 g/mol. The fourth-order valence-corrected chi connectivity index (χ4v) is 2.99. The molecule has 0 radical (unpaired) electrons. The third-order valence-electron chi connectivity index (χ3n) is 4.34. The topological polar surface area (TPSA) is 68.2 Å². The van der Waals surface area contributed by atoms with E-state index in [0.29, 0.717) is 24.6 Å². The number of aromatic nitrogens is 2. The molecule has 1 atom stereocenters. The van der Waals surface area contributed by atoms with Crippen LogP contribution in [0.1, 0.15) is 24.9 Å². The van der Waals surface area contributed by atoms with E-state index in [1.165, 1.54) is 0 Å². The Morgan fingerprint density at radius 1 is 1.14 bits per heavy atom. The first-order chi connectivity index (χ1) is 13.8. The summed E-state index contributed by atoms with van der Waals surface area (Å²) < 4.78 is 7.64. The first kappa shape index (κ1) is 19.6. The predicted molar refractivity (Wildman–Crippen MR) is 110 cm³/mol. The summed E-state index contributed by atoms with van der Waals surface area (Å²) in [5.41, 5.74) is 1.60. The van der Waals surface area contributed by atoms with Gasteiger partial charge < -0.3 is 19.9 Å². The van der Waals surface area contributed by atoms with Crippen LogP contribution < -0.4 is 15.4 Å².